The van der Waals surface area contributed by atoms with Gasteiger partial charge in [-0.15, -0.1) is 0 Å². The number of amides is 1. The molecule has 0 aliphatic rings. The molecule has 2 N–H and O–H groups in total. The van der Waals surface area contributed by atoms with E-state index in [1.165, 1.54) is 6.20 Å². The van der Waals surface area contributed by atoms with Gasteiger partial charge in [0.1, 0.15) is 5.57 Å². The zero-order chi connectivity index (χ0) is 18.9. The number of nitrogens with one attached hydrogen (secondary N) is 2. The zero-order valence-corrected chi connectivity index (χ0v) is 15.0. The molecule has 0 fully saturated rings. The first kappa shape index (κ1) is 19.2. The van der Waals surface area contributed by atoms with E-state index in [1.807, 2.05) is 13.0 Å². The highest BCUT2D eigenvalue weighted by Gasteiger charge is 2.21. The Bertz CT molecular complexity index is 867. The minimum absolute atomic E-state index is 0.0455. The van der Waals surface area contributed by atoms with E-state index in [0.29, 0.717) is 17.8 Å². The molecule has 0 saturated heterocycles. The standard InChI is InChI=1S/C20H18ClN3O2/c1-2-11-23-20(26)17(19(25)16-5-3-4-6-18(16)21)13-24-15-9-7-14(12-22)8-10-15/h3-10,13,24H,2,11H2,1H3,(H,23,26). The lowest BCUT2D eigenvalue weighted by Crippen LogP contribution is -2.29. The minimum Gasteiger partial charge on any atom is -0.361 e. The lowest BCUT2D eigenvalue weighted by molar-refractivity contribution is -0.117. The largest absolute Gasteiger partial charge is 0.361 e. The summed E-state index contributed by atoms with van der Waals surface area (Å²) >= 11 is 6.09. The van der Waals surface area contributed by atoms with Gasteiger partial charge in [-0.05, 0) is 42.8 Å². The highest BCUT2D eigenvalue weighted by molar-refractivity contribution is 6.37. The molecule has 5 nitrogen and oxygen atoms in total. The van der Waals surface area contributed by atoms with E-state index in [0.717, 1.165) is 6.42 Å². The summed E-state index contributed by atoms with van der Waals surface area (Å²) in [5, 5.41) is 14.7. The van der Waals surface area contributed by atoms with Crippen LogP contribution in [0.1, 0.15) is 29.3 Å². The predicted molar refractivity (Wildman–Crippen MR) is 102 cm³/mol. The highest BCUT2D eigenvalue weighted by Crippen LogP contribution is 2.19. The Labute approximate surface area is 157 Å². The smallest absolute Gasteiger partial charge is 0.256 e. The Balaban J connectivity index is 2.30. The molecule has 6 heteroatoms. The lowest BCUT2D eigenvalue weighted by atomic mass is 10.0. The van der Waals surface area contributed by atoms with E-state index in [4.69, 9.17) is 16.9 Å². The van der Waals surface area contributed by atoms with E-state index in [2.05, 4.69) is 10.6 Å². The molecule has 0 heterocycles. The lowest BCUT2D eigenvalue weighted by Gasteiger charge is -2.10. The van der Waals surface area contributed by atoms with Crippen LogP contribution in [0.2, 0.25) is 5.02 Å². The van der Waals surface area contributed by atoms with Crippen LogP contribution >= 0.6 is 11.6 Å². The van der Waals surface area contributed by atoms with Crippen molar-refractivity contribution in [3.05, 3.63) is 76.5 Å². The molecule has 0 bridgehead atoms. The summed E-state index contributed by atoms with van der Waals surface area (Å²) in [7, 11) is 0. The Kier molecular flexibility index (Phi) is 6.95. The van der Waals surface area contributed by atoms with Gasteiger partial charge in [-0.3, -0.25) is 9.59 Å². The van der Waals surface area contributed by atoms with E-state index in [1.54, 1.807) is 48.5 Å². The van der Waals surface area contributed by atoms with Gasteiger partial charge in [0.15, 0.2) is 0 Å². The van der Waals surface area contributed by atoms with Crippen LogP contribution in [0.5, 0.6) is 0 Å². The third-order valence-electron chi connectivity index (χ3n) is 3.54. The number of carbonyl (C=O) groups is 2. The Hall–Kier alpha value is -3.10. The fourth-order valence-corrected chi connectivity index (χ4v) is 2.38. The molecular formula is C20H18ClN3O2. The van der Waals surface area contributed by atoms with Gasteiger partial charge in [-0.1, -0.05) is 30.7 Å². The Morgan fingerprint density at radius 1 is 1.15 bits per heavy atom. The maximum Gasteiger partial charge on any atom is 0.256 e. The quantitative estimate of drug-likeness (QED) is 0.336. The van der Waals surface area contributed by atoms with Crippen molar-refractivity contribution in [1.29, 1.82) is 5.26 Å². The summed E-state index contributed by atoms with van der Waals surface area (Å²) in [6, 6.07) is 15.3. The van der Waals surface area contributed by atoms with Gasteiger partial charge >= 0.3 is 0 Å². The van der Waals surface area contributed by atoms with Gasteiger partial charge in [0.05, 0.1) is 16.7 Å². The number of hydrogen-bond acceptors (Lipinski definition) is 4. The molecule has 0 aliphatic heterocycles. The van der Waals surface area contributed by atoms with E-state index >= 15 is 0 Å². The van der Waals surface area contributed by atoms with Crippen LogP contribution in [0.4, 0.5) is 5.69 Å². The molecular weight excluding hydrogens is 350 g/mol. The van der Waals surface area contributed by atoms with Gasteiger partial charge in [-0.25, -0.2) is 0 Å². The second-order valence-electron chi connectivity index (χ2n) is 5.46. The third kappa shape index (κ3) is 4.95. The van der Waals surface area contributed by atoms with Crippen molar-refractivity contribution in [2.24, 2.45) is 0 Å². The van der Waals surface area contributed by atoms with E-state index in [9.17, 15) is 9.59 Å². The molecule has 26 heavy (non-hydrogen) atoms. The molecule has 0 unspecified atom stereocenters. The van der Waals surface area contributed by atoms with Gasteiger partial charge in [-0.2, -0.15) is 5.26 Å². The Morgan fingerprint density at radius 2 is 1.85 bits per heavy atom. The molecule has 2 aromatic carbocycles. The number of benzene rings is 2. The first-order valence-electron chi connectivity index (χ1n) is 8.11. The van der Waals surface area contributed by atoms with Crippen molar-refractivity contribution in [1.82, 2.24) is 5.32 Å². The van der Waals surface area contributed by atoms with Crippen LogP contribution in [0, 0.1) is 11.3 Å². The van der Waals surface area contributed by atoms with Crippen LogP contribution in [0.25, 0.3) is 0 Å². The van der Waals surface area contributed by atoms with Crippen molar-refractivity contribution < 1.29 is 9.59 Å². The first-order chi connectivity index (χ1) is 12.6. The van der Waals surface area contributed by atoms with Crippen molar-refractivity contribution in [2.45, 2.75) is 13.3 Å². The number of carbonyl (C=O) groups excluding carboxylic acids is 2. The molecule has 0 spiro atoms. The van der Waals surface area contributed by atoms with Crippen molar-refractivity contribution in [2.75, 3.05) is 11.9 Å². The van der Waals surface area contributed by atoms with Crippen molar-refractivity contribution in [3.63, 3.8) is 0 Å². The summed E-state index contributed by atoms with van der Waals surface area (Å²) in [4.78, 5) is 25.2. The molecule has 0 aromatic heterocycles. The average Bonchev–Trinajstić information content (AvgIpc) is 2.67. The fourth-order valence-electron chi connectivity index (χ4n) is 2.15. The molecule has 0 saturated carbocycles. The summed E-state index contributed by atoms with van der Waals surface area (Å²) in [5.74, 6) is -0.941. The van der Waals surface area contributed by atoms with E-state index in [-0.39, 0.29) is 16.2 Å². The average molecular weight is 368 g/mol. The van der Waals surface area contributed by atoms with Crippen molar-refractivity contribution in [3.8, 4) is 6.07 Å². The van der Waals surface area contributed by atoms with Gasteiger partial charge in [0.2, 0.25) is 5.78 Å². The van der Waals surface area contributed by atoms with Gasteiger partial charge in [0.25, 0.3) is 5.91 Å². The summed E-state index contributed by atoms with van der Waals surface area (Å²) in [5.41, 5.74) is 1.38. The summed E-state index contributed by atoms with van der Waals surface area (Å²) in [6.45, 7) is 2.39. The monoisotopic (exact) mass is 367 g/mol. The number of hydrogen-bond donors (Lipinski definition) is 2. The minimum atomic E-state index is -0.474. The maximum absolute atomic E-state index is 12.8. The second kappa shape index (κ2) is 9.40. The summed E-state index contributed by atoms with van der Waals surface area (Å²) < 4.78 is 0. The molecule has 2 rings (SSSR count). The van der Waals surface area contributed by atoms with Crippen LogP contribution in [-0.2, 0) is 4.79 Å². The number of rotatable bonds is 7. The van der Waals surface area contributed by atoms with Gasteiger partial charge in [0, 0.05) is 24.0 Å². The zero-order valence-electron chi connectivity index (χ0n) is 14.3. The van der Waals surface area contributed by atoms with Crippen molar-refractivity contribution >= 4 is 29.0 Å². The number of halogens is 1. The van der Waals surface area contributed by atoms with Crippen LogP contribution in [0.3, 0.4) is 0 Å². The molecule has 0 atom stereocenters. The summed E-state index contributed by atoms with van der Waals surface area (Å²) in [6.07, 6.45) is 2.11. The van der Waals surface area contributed by atoms with Crippen LogP contribution in [-0.4, -0.2) is 18.2 Å². The van der Waals surface area contributed by atoms with Crippen LogP contribution in [0.15, 0.2) is 60.3 Å². The molecule has 132 valence electrons. The third-order valence-corrected chi connectivity index (χ3v) is 3.87. The fraction of sp³-hybridized carbons (Fsp3) is 0.150. The number of Topliss-reactive ketones (excluding diaryl/α,β-unsaturated/α-hetero) is 1. The number of anilines is 1. The molecule has 0 radical (unpaired) electrons. The molecule has 0 aliphatic carbocycles. The number of nitrogens with zero attached hydrogens (tertiary/aromatic N) is 1. The highest BCUT2D eigenvalue weighted by atomic mass is 35.5. The first-order valence-corrected chi connectivity index (χ1v) is 8.49. The Morgan fingerprint density at radius 3 is 2.46 bits per heavy atom. The van der Waals surface area contributed by atoms with Gasteiger partial charge < -0.3 is 10.6 Å². The number of nitriles is 1. The second-order valence-corrected chi connectivity index (χ2v) is 5.86. The van der Waals surface area contributed by atoms with Crippen LogP contribution < -0.4 is 10.6 Å². The topological polar surface area (TPSA) is 82.0 Å². The molecule has 1 amide bonds. The normalized spacial score (nSPS) is 10.7. The predicted octanol–water partition coefficient (Wildman–Crippen LogP) is 3.92. The maximum atomic E-state index is 12.8. The number of ketones is 1. The SMILES string of the molecule is CCCNC(=O)C(=CNc1ccc(C#N)cc1)C(=O)c1ccccc1Cl. The van der Waals surface area contributed by atoms with E-state index < -0.39 is 11.7 Å². The molecule has 2 aromatic rings.